The van der Waals surface area contributed by atoms with E-state index in [0.717, 1.165) is 10.7 Å². The van der Waals surface area contributed by atoms with Crippen molar-refractivity contribution in [2.24, 2.45) is 0 Å². The molecule has 22 heavy (non-hydrogen) atoms. The molecule has 2 rings (SSSR count). The highest BCUT2D eigenvalue weighted by Gasteiger charge is 2.18. The topological polar surface area (TPSA) is 114 Å². The molecule has 0 spiro atoms. The number of aromatic nitrogens is 2. The first-order chi connectivity index (χ1) is 10.4. The van der Waals surface area contributed by atoms with Crippen molar-refractivity contribution in [2.75, 3.05) is 5.32 Å². The summed E-state index contributed by atoms with van der Waals surface area (Å²) in [7, 11) is 0. The molecule has 0 fully saturated rings. The molecule has 0 atom stereocenters. The third-order valence-electron chi connectivity index (χ3n) is 2.85. The lowest BCUT2D eigenvalue weighted by Gasteiger charge is -2.07. The molecule has 1 amide bonds. The summed E-state index contributed by atoms with van der Waals surface area (Å²) in [5.41, 5.74) is 0.187. The minimum atomic E-state index is -0.744. The van der Waals surface area contributed by atoms with Crippen molar-refractivity contribution in [3.63, 3.8) is 0 Å². The van der Waals surface area contributed by atoms with Gasteiger partial charge in [0.2, 0.25) is 5.91 Å². The van der Waals surface area contributed by atoms with E-state index in [-0.39, 0.29) is 23.6 Å². The lowest BCUT2D eigenvalue weighted by molar-refractivity contribution is -0.389. The first-order valence-corrected chi connectivity index (χ1v) is 6.09. The number of amides is 1. The van der Waals surface area contributed by atoms with E-state index in [4.69, 9.17) is 5.26 Å². The maximum atomic E-state index is 13.4. The summed E-state index contributed by atoms with van der Waals surface area (Å²) in [6.07, 6.45) is 0. The average molecular weight is 303 g/mol. The van der Waals surface area contributed by atoms with Crippen molar-refractivity contribution in [1.82, 2.24) is 9.78 Å². The Balaban J connectivity index is 2.16. The van der Waals surface area contributed by atoms with Crippen LogP contribution in [0.2, 0.25) is 0 Å². The first kappa shape index (κ1) is 15.1. The molecular weight excluding hydrogens is 293 g/mol. The summed E-state index contributed by atoms with van der Waals surface area (Å²) in [4.78, 5) is 21.9. The van der Waals surface area contributed by atoms with Crippen LogP contribution < -0.4 is 5.32 Å². The van der Waals surface area contributed by atoms with Crippen molar-refractivity contribution in [3.8, 4) is 6.07 Å². The van der Waals surface area contributed by atoms with Crippen molar-refractivity contribution < 1.29 is 14.1 Å². The van der Waals surface area contributed by atoms with E-state index in [2.05, 4.69) is 10.4 Å². The Morgan fingerprint density at radius 2 is 2.32 bits per heavy atom. The Hall–Kier alpha value is -3.28. The summed E-state index contributed by atoms with van der Waals surface area (Å²) >= 11 is 0. The number of benzene rings is 1. The van der Waals surface area contributed by atoms with Gasteiger partial charge in [0.25, 0.3) is 0 Å². The van der Waals surface area contributed by atoms with E-state index in [9.17, 15) is 19.3 Å². The van der Waals surface area contributed by atoms with Crippen LogP contribution in [0, 0.1) is 34.2 Å². The molecule has 1 heterocycles. The highest BCUT2D eigenvalue weighted by Crippen LogP contribution is 2.18. The van der Waals surface area contributed by atoms with E-state index in [1.165, 1.54) is 18.2 Å². The van der Waals surface area contributed by atoms with Crippen molar-refractivity contribution in [3.05, 3.63) is 51.5 Å². The number of halogens is 1. The number of rotatable bonds is 4. The maximum Gasteiger partial charge on any atom is 0.390 e. The molecule has 0 aliphatic rings. The molecule has 2 aromatic rings. The number of aryl methyl sites for hydroxylation is 1. The maximum absolute atomic E-state index is 13.4. The van der Waals surface area contributed by atoms with Crippen LogP contribution >= 0.6 is 0 Å². The Morgan fingerprint density at radius 3 is 2.91 bits per heavy atom. The number of nitriles is 1. The number of hydrogen-bond acceptors (Lipinski definition) is 5. The molecule has 1 aromatic heterocycles. The number of nitro groups is 1. The summed E-state index contributed by atoms with van der Waals surface area (Å²) in [6.45, 7) is 1.28. The standard InChI is InChI=1S/C13H10FN5O3/c1-8-5-12(19(21)22)17-18(8)7-13(20)16-11-4-2-3-10(14)9(11)6-15/h2-5H,7H2,1H3,(H,16,20). The predicted octanol–water partition coefficient (Wildman–Crippen LogP) is 1.75. The number of nitrogens with one attached hydrogen (secondary N) is 1. The van der Waals surface area contributed by atoms with E-state index in [1.54, 1.807) is 13.0 Å². The van der Waals surface area contributed by atoms with Crippen LogP contribution in [0.15, 0.2) is 24.3 Å². The van der Waals surface area contributed by atoms with Gasteiger partial charge in [-0.25, -0.2) is 4.39 Å². The molecule has 0 bridgehead atoms. The van der Waals surface area contributed by atoms with Crippen LogP contribution in [0.1, 0.15) is 11.3 Å². The quantitative estimate of drug-likeness (QED) is 0.682. The van der Waals surface area contributed by atoms with Gasteiger partial charge in [0.05, 0.1) is 22.5 Å². The number of hydrogen-bond donors (Lipinski definition) is 1. The summed E-state index contributed by atoms with van der Waals surface area (Å²) in [6, 6.07) is 6.74. The third-order valence-corrected chi connectivity index (χ3v) is 2.85. The third kappa shape index (κ3) is 3.06. The molecular formula is C13H10FN5O3. The first-order valence-electron chi connectivity index (χ1n) is 6.09. The van der Waals surface area contributed by atoms with Gasteiger partial charge in [-0.15, -0.1) is 0 Å². The van der Waals surface area contributed by atoms with Crippen LogP contribution in [0.4, 0.5) is 15.9 Å². The van der Waals surface area contributed by atoms with Crippen molar-refractivity contribution >= 4 is 17.4 Å². The number of carbonyl (C=O) groups is 1. The van der Waals surface area contributed by atoms with Gasteiger partial charge in [-0.3, -0.25) is 4.79 Å². The number of carbonyl (C=O) groups excluding carboxylic acids is 1. The summed E-state index contributed by atoms with van der Waals surface area (Å²) < 4.78 is 14.6. The van der Waals surface area contributed by atoms with Crippen LogP contribution in [0.5, 0.6) is 0 Å². The van der Waals surface area contributed by atoms with Gasteiger partial charge in [0.15, 0.2) is 0 Å². The molecule has 8 nitrogen and oxygen atoms in total. The van der Waals surface area contributed by atoms with Crippen LogP contribution in [-0.4, -0.2) is 20.6 Å². The van der Waals surface area contributed by atoms with Crippen LogP contribution in [0.25, 0.3) is 0 Å². The Kier molecular flexibility index (Phi) is 4.13. The highest BCUT2D eigenvalue weighted by atomic mass is 19.1. The largest absolute Gasteiger partial charge is 0.390 e. The highest BCUT2D eigenvalue weighted by molar-refractivity contribution is 5.92. The van der Waals surface area contributed by atoms with Gasteiger partial charge < -0.3 is 15.4 Å². The van der Waals surface area contributed by atoms with Gasteiger partial charge in [-0.05, 0) is 24.0 Å². The fourth-order valence-electron chi connectivity index (χ4n) is 1.81. The Morgan fingerprint density at radius 1 is 1.59 bits per heavy atom. The average Bonchev–Trinajstić information content (AvgIpc) is 2.80. The Bertz CT molecular complexity index is 793. The second kappa shape index (κ2) is 6.01. The van der Waals surface area contributed by atoms with Gasteiger partial charge in [-0.1, -0.05) is 6.07 Å². The monoisotopic (exact) mass is 303 g/mol. The molecule has 0 saturated carbocycles. The van der Waals surface area contributed by atoms with Crippen LogP contribution in [-0.2, 0) is 11.3 Å². The summed E-state index contributed by atoms with van der Waals surface area (Å²) in [5, 5.41) is 25.5. The molecule has 0 saturated heterocycles. The second-order valence-corrected chi connectivity index (χ2v) is 4.38. The number of nitrogens with zero attached hydrogens (tertiary/aromatic N) is 4. The lowest BCUT2D eigenvalue weighted by atomic mass is 10.2. The molecule has 0 radical (unpaired) electrons. The fourth-order valence-corrected chi connectivity index (χ4v) is 1.81. The zero-order chi connectivity index (χ0) is 16.3. The van der Waals surface area contributed by atoms with E-state index < -0.39 is 16.6 Å². The van der Waals surface area contributed by atoms with Gasteiger partial charge in [0, 0.05) is 0 Å². The number of anilines is 1. The van der Waals surface area contributed by atoms with Crippen LogP contribution in [0.3, 0.4) is 0 Å². The second-order valence-electron chi connectivity index (χ2n) is 4.38. The van der Waals surface area contributed by atoms with Crippen molar-refractivity contribution in [2.45, 2.75) is 13.5 Å². The van der Waals surface area contributed by atoms with Gasteiger partial charge in [-0.2, -0.15) is 9.94 Å². The zero-order valence-corrected chi connectivity index (χ0v) is 11.4. The van der Waals surface area contributed by atoms with Gasteiger partial charge in [0.1, 0.15) is 24.0 Å². The molecule has 0 unspecified atom stereocenters. The van der Waals surface area contributed by atoms with Gasteiger partial charge >= 0.3 is 5.82 Å². The van der Waals surface area contributed by atoms with E-state index in [0.29, 0.717) is 5.69 Å². The SMILES string of the molecule is Cc1cc([N+](=O)[O-])nn1CC(=O)Nc1cccc(F)c1C#N. The fraction of sp³-hybridized carbons (Fsp3) is 0.154. The lowest BCUT2D eigenvalue weighted by Crippen LogP contribution is -2.21. The minimum absolute atomic E-state index is 0.0341. The molecule has 112 valence electrons. The molecule has 1 N–H and O–H groups in total. The zero-order valence-electron chi connectivity index (χ0n) is 11.4. The van der Waals surface area contributed by atoms with E-state index in [1.807, 2.05) is 0 Å². The normalized spacial score (nSPS) is 10.0. The predicted molar refractivity (Wildman–Crippen MR) is 73.4 cm³/mol. The molecule has 0 aliphatic carbocycles. The molecule has 1 aromatic carbocycles. The minimum Gasteiger partial charge on any atom is -0.358 e. The van der Waals surface area contributed by atoms with Crippen molar-refractivity contribution in [1.29, 1.82) is 5.26 Å². The Labute approximate surface area is 123 Å². The van der Waals surface area contributed by atoms with E-state index >= 15 is 0 Å². The summed E-state index contributed by atoms with van der Waals surface area (Å²) in [5.74, 6) is -1.69. The molecule has 0 aliphatic heterocycles. The smallest absolute Gasteiger partial charge is 0.358 e. The molecule has 9 heteroatoms.